The summed E-state index contributed by atoms with van der Waals surface area (Å²) in [7, 11) is 0. The molecule has 0 aliphatic carbocycles. The van der Waals surface area contributed by atoms with Crippen LogP contribution in [-0.4, -0.2) is 13.2 Å². The van der Waals surface area contributed by atoms with E-state index >= 15 is 0 Å². The molecule has 0 amide bonds. The molecule has 1 aromatic carbocycles. The van der Waals surface area contributed by atoms with Gasteiger partial charge in [-0.2, -0.15) is 0 Å². The van der Waals surface area contributed by atoms with Crippen LogP contribution in [0.1, 0.15) is 22.4 Å². The van der Waals surface area contributed by atoms with Crippen molar-refractivity contribution >= 4 is 47.8 Å². The summed E-state index contributed by atoms with van der Waals surface area (Å²) in [6, 6.07) is 5.89. The third-order valence-electron chi connectivity index (χ3n) is 3.06. The first kappa shape index (κ1) is 14.5. The molecule has 3 rings (SSSR count). The van der Waals surface area contributed by atoms with Crippen molar-refractivity contribution in [3.05, 3.63) is 44.7 Å². The number of hydrogen-bond donors (Lipinski definition) is 0. The molecule has 0 saturated heterocycles. The zero-order chi connectivity index (χ0) is 14.1. The lowest BCUT2D eigenvalue weighted by Crippen LogP contribution is -1.98. The van der Waals surface area contributed by atoms with Crippen LogP contribution in [0.2, 0.25) is 0 Å². The smallest absolute Gasteiger partial charge is 0.173 e. The number of rotatable bonds is 2. The van der Waals surface area contributed by atoms with Gasteiger partial charge >= 0.3 is 0 Å². The van der Waals surface area contributed by atoms with E-state index < -0.39 is 0 Å². The Bertz CT molecular complexity index is 624. The highest BCUT2D eigenvalue weighted by Gasteiger charge is 2.22. The number of alkyl halides is 1. The summed E-state index contributed by atoms with van der Waals surface area (Å²) in [6.45, 7) is 1.36. The Labute approximate surface area is 142 Å². The fourth-order valence-corrected chi connectivity index (χ4v) is 4.42. The van der Waals surface area contributed by atoms with Gasteiger partial charge in [0, 0.05) is 16.5 Å². The minimum atomic E-state index is 0.00199. The lowest BCUT2D eigenvalue weighted by molar-refractivity contribution is 0.297. The fraction of sp³-hybridized carbons (Fsp3) is 0.286. The molecular weight excluding hydrogens is 456 g/mol. The summed E-state index contributed by atoms with van der Waals surface area (Å²) in [5.74, 6) is 1.56. The van der Waals surface area contributed by atoms with E-state index in [1.54, 1.807) is 6.26 Å². The third kappa shape index (κ3) is 2.78. The maximum atomic E-state index is 5.74. The molecule has 0 radical (unpaired) electrons. The highest BCUT2D eigenvalue weighted by atomic mass is 79.9. The Morgan fingerprint density at radius 1 is 1.00 bits per heavy atom. The van der Waals surface area contributed by atoms with Crippen molar-refractivity contribution in [1.82, 2.24) is 0 Å². The van der Waals surface area contributed by atoms with Crippen LogP contribution < -0.4 is 9.47 Å². The van der Waals surface area contributed by atoms with Crippen LogP contribution >= 0.6 is 47.8 Å². The van der Waals surface area contributed by atoms with Crippen molar-refractivity contribution in [3.63, 3.8) is 0 Å². The zero-order valence-electron chi connectivity index (χ0n) is 10.4. The van der Waals surface area contributed by atoms with Crippen molar-refractivity contribution in [1.29, 1.82) is 0 Å². The largest absolute Gasteiger partial charge is 0.490 e. The van der Waals surface area contributed by atoms with Crippen LogP contribution in [0.4, 0.5) is 0 Å². The van der Waals surface area contributed by atoms with Crippen LogP contribution in [0.15, 0.2) is 38.0 Å². The molecule has 20 heavy (non-hydrogen) atoms. The van der Waals surface area contributed by atoms with Gasteiger partial charge in [-0.1, -0.05) is 31.9 Å². The van der Waals surface area contributed by atoms with Crippen LogP contribution in [-0.2, 0) is 0 Å². The summed E-state index contributed by atoms with van der Waals surface area (Å²) in [5, 5.41) is 0. The number of fused-ring (bicyclic) bond motifs is 1. The summed E-state index contributed by atoms with van der Waals surface area (Å²) in [6.07, 6.45) is 2.55. The first-order valence-electron chi connectivity index (χ1n) is 6.13. The Morgan fingerprint density at radius 2 is 1.70 bits per heavy atom. The average molecular weight is 467 g/mol. The maximum absolute atomic E-state index is 5.74. The summed E-state index contributed by atoms with van der Waals surface area (Å²) >= 11 is 10.7. The van der Waals surface area contributed by atoms with E-state index in [0.29, 0.717) is 13.2 Å². The van der Waals surface area contributed by atoms with Crippen molar-refractivity contribution < 1.29 is 13.9 Å². The van der Waals surface area contributed by atoms with Gasteiger partial charge in [-0.05, 0) is 39.7 Å². The zero-order valence-corrected chi connectivity index (χ0v) is 15.1. The van der Waals surface area contributed by atoms with Crippen molar-refractivity contribution in [2.45, 2.75) is 11.2 Å². The Morgan fingerprint density at radius 3 is 2.35 bits per heavy atom. The van der Waals surface area contributed by atoms with E-state index in [1.807, 2.05) is 18.2 Å². The van der Waals surface area contributed by atoms with E-state index in [-0.39, 0.29) is 4.83 Å². The molecular formula is C14H11Br3O3. The fourth-order valence-electron chi connectivity index (χ4n) is 2.05. The van der Waals surface area contributed by atoms with Gasteiger partial charge in [0.1, 0.15) is 0 Å². The normalized spacial score (nSPS) is 15.8. The number of furan rings is 1. The van der Waals surface area contributed by atoms with Gasteiger partial charge in [0.2, 0.25) is 0 Å². The standard InChI is InChI=1S/C14H11Br3O3/c15-10-7-12-11(18-3-1-4-19-12)6-9(10)13(16)8-2-5-20-14(8)17/h2,5-7,13H,1,3-4H2. The summed E-state index contributed by atoms with van der Waals surface area (Å²) in [5.41, 5.74) is 2.09. The predicted octanol–water partition coefficient (Wildman–Crippen LogP) is 5.45. The number of halogens is 3. The molecule has 0 bridgehead atoms. The summed E-state index contributed by atoms with van der Waals surface area (Å²) in [4.78, 5) is 0.00199. The van der Waals surface area contributed by atoms with Crippen molar-refractivity contribution in [3.8, 4) is 11.5 Å². The van der Waals surface area contributed by atoms with Crippen molar-refractivity contribution in [2.75, 3.05) is 13.2 Å². The molecule has 0 spiro atoms. The Hall–Kier alpha value is -0.460. The number of hydrogen-bond acceptors (Lipinski definition) is 3. The lowest BCUT2D eigenvalue weighted by Gasteiger charge is -2.15. The Balaban J connectivity index is 2.01. The second kappa shape index (κ2) is 6.12. The molecule has 1 aliphatic rings. The van der Waals surface area contributed by atoms with Gasteiger partial charge in [-0.15, -0.1) is 0 Å². The SMILES string of the molecule is Brc1cc2c(cc1C(Br)c1ccoc1Br)OCCCO2. The molecule has 0 N–H and O–H groups in total. The highest BCUT2D eigenvalue weighted by molar-refractivity contribution is 9.11. The molecule has 1 unspecified atom stereocenters. The van der Waals surface area contributed by atoms with Crippen LogP contribution in [0.25, 0.3) is 0 Å². The van der Waals surface area contributed by atoms with Crippen LogP contribution in [0.5, 0.6) is 11.5 Å². The van der Waals surface area contributed by atoms with Gasteiger partial charge in [-0.3, -0.25) is 0 Å². The van der Waals surface area contributed by atoms with E-state index in [0.717, 1.165) is 38.2 Å². The van der Waals surface area contributed by atoms with Gasteiger partial charge in [0.05, 0.1) is 24.3 Å². The predicted molar refractivity (Wildman–Crippen MR) is 86.9 cm³/mol. The number of benzene rings is 1. The van der Waals surface area contributed by atoms with Gasteiger partial charge < -0.3 is 13.9 Å². The third-order valence-corrected chi connectivity index (χ3v) is 5.38. The molecule has 1 aromatic heterocycles. The molecule has 3 nitrogen and oxygen atoms in total. The molecule has 0 fully saturated rings. The molecule has 6 heteroatoms. The molecule has 2 aromatic rings. The lowest BCUT2D eigenvalue weighted by atomic mass is 10.1. The highest BCUT2D eigenvalue weighted by Crippen LogP contribution is 2.44. The minimum Gasteiger partial charge on any atom is -0.490 e. The van der Waals surface area contributed by atoms with Crippen molar-refractivity contribution in [2.24, 2.45) is 0 Å². The van der Waals surface area contributed by atoms with Crippen LogP contribution in [0, 0.1) is 0 Å². The van der Waals surface area contributed by atoms with Crippen LogP contribution in [0.3, 0.4) is 0 Å². The average Bonchev–Trinajstić information content (AvgIpc) is 2.72. The minimum absolute atomic E-state index is 0.00199. The molecule has 0 saturated carbocycles. The first-order chi connectivity index (χ1) is 9.66. The number of ether oxygens (including phenoxy) is 2. The quantitative estimate of drug-likeness (QED) is 0.551. The maximum Gasteiger partial charge on any atom is 0.173 e. The van der Waals surface area contributed by atoms with Gasteiger partial charge in [0.25, 0.3) is 0 Å². The summed E-state index contributed by atoms with van der Waals surface area (Å²) < 4.78 is 18.4. The monoisotopic (exact) mass is 464 g/mol. The molecule has 2 heterocycles. The van der Waals surface area contributed by atoms with E-state index in [4.69, 9.17) is 13.9 Å². The molecule has 1 aliphatic heterocycles. The van der Waals surface area contributed by atoms with E-state index in [9.17, 15) is 0 Å². The topological polar surface area (TPSA) is 31.6 Å². The second-order valence-corrected chi connectivity index (χ2v) is 6.87. The second-order valence-electron chi connectivity index (χ2n) is 4.38. The van der Waals surface area contributed by atoms with E-state index in [2.05, 4.69) is 47.8 Å². The molecule has 106 valence electrons. The van der Waals surface area contributed by atoms with Gasteiger partial charge in [-0.25, -0.2) is 0 Å². The first-order valence-corrected chi connectivity index (χ1v) is 8.63. The van der Waals surface area contributed by atoms with E-state index in [1.165, 1.54) is 0 Å². The van der Waals surface area contributed by atoms with Gasteiger partial charge in [0.15, 0.2) is 16.2 Å². The Kier molecular flexibility index (Phi) is 4.43. The molecule has 1 atom stereocenters.